The zero-order valence-electron chi connectivity index (χ0n) is 10.0. The van der Waals surface area contributed by atoms with Crippen LogP contribution in [0.25, 0.3) is 0 Å². The molecule has 0 bridgehead atoms. The summed E-state index contributed by atoms with van der Waals surface area (Å²) in [6.45, 7) is 2.12. The molecule has 1 aromatic carbocycles. The lowest BCUT2D eigenvalue weighted by atomic mass is 9.94. The van der Waals surface area contributed by atoms with Gasteiger partial charge in [-0.3, -0.25) is 0 Å². The van der Waals surface area contributed by atoms with Crippen molar-refractivity contribution < 1.29 is 0 Å². The van der Waals surface area contributed by atoms with Gasteiger partial charge in [0.1, 0.15) is 0 Å². The third-order valence-corrected chi connectivity index (χ3v) is 4.20. The molecular weight excluding hydrogens is 248 g/mol. The van der Waals surface area contributed by atoms with E-state index in [4.69, 9.17) is 11.6 Å². The number of thiophene rings is 1. The van der Waals surface area contributed by atoms with Crippen molar-refractivity contribution in [3.05, 3.63) is 57.8 Å². The number of halogens is 1. The van der Waals surface area contributed by atoms with E-state index >= 15 is 0 Å². The number of rotatable bonds is 5. The molecule has 0 amide bonds. The summed E-state index contributed by atoms with van der Waals surface area (Å²) in [4.78, 5) is 0. The Morgan fingerprint density at radius 3 is 2.53 bits per heavy atom. The molecular formula is C15H17ClS. The van der Waals surface area contributed by atoms with E-state index in [1.54, 1.807) is 11.3 Å². The first-order valence-corrected chi connectivity index (χ1v) is 7.41. The molecule has 1 unspecified atom stereocenters. The quantitative estimate of drug-likeness (QED) is 0.666. The van der Waals surface area contributed by atoms with Crippen molar-refractivity contribution in [1.29, 1.82) is 0 Å². The Morgan fingerprint density at radius 2 is 1.94 bits per heavy atom. The Labute approximate surface area is 112 Å². The van der Waals surface area contributed by atoms with Crippen molar-refractivity contribution in [2.24, 2.45) is 0 Å². The Kier molecular flexibility index (Phi) is 4.64. The number of benzene rings is 1. The first-order chi connectivity index (χ1) is 8.29. The largest absolute Gasteiger partial charge is 0.152 e. The first-order valence-electron chi connectivity index (χ1n) is 5.93. The highest BCUT2D eigenvalue weighted by atomic mass is 35.5. The molecule has 2 aromatic rings. The molecule has 1 aromatic heterocycles. The van der Waals surface area contributed by atoms with Crippen LogP contribution in [0.1, 0.15) is 29.0 Å². The van der Waals surface area contributed by atoms with E-state index in [1.807, 2.05) is 0 Å². The van der Waals surface area contributed by atoms with Crippen LogP contribution < -0.4 is 0 Å². The van der Waals surface area contributed by atoms with Crippen LogP contribution in [0.2, 0.25) is 0 Å². The fourth-order valence-corrected chi connectivity index (χ4v) is 2.98. The second-order valence-corrected chi connectivity index (χ2v) is 5.52. The molecule has 0 spiro atoms. The smallest absolute Gasteiger partial charge is 0.0292 e. The topological polar surface area (TPSA) is 0 Å². The van der Waals surface area contributed by atoms with E-state index in [9.17, 15) is 0 Å². The molecule has 0 aliphatic rings. The van der Waals surface area contributed by atoms with Gasteiger partial charge >= 0.3 is 0 Å². The SMILES string of the molecule is Cc1ccc(C(CCl)CCc2ccsc2)cc1. The molecule has 0 radical (unpaired) electrons. The van der Waals surface area contributed by atoms with Gasteiger partial charge in [-0.1, -0.05) is 29.8 Å². The van der Waals surface area contributed by atoms with E-state index in [0.29, 0.717) is 11.8 Å². The van der Waals surface area contributed by atoms with Crippen LogP contribution in [0.4, 0.5) is 0 Å². The van der Waals surface area contributed by atoms with Gasteiger partial charge in [-0.05, 0) is 53.6 Å². The molecule has 90 valence electrons. The Hall–Kier alpha value is -0.790. The lowest BCUT2D eigenvalue weighted by molar-refractivity contribution is 0.686. The van der Waals surface area contributed by atoms with Crippen molar-refractivity contribution in [2.45, 2.75) is 25.7 Å². The van der Waals surface area contributed by atoms with Crippen molar-refractivity contribution >= 4 is 22.9 Å². The molecule has 2 rings (SSSR count). The fraction of sp³-hybridized carbons (Fsp3) is 0.333. The third kappa shape index (κ3) is 3.58. The predicted molar refractivity (Wildman–Crippen MR) is 77.3 cm³/mol. The van der Waals surface area contributed by atoms with Gasteiger partial charge in [0, 0.05) is 5.88 Å². The number of aryl methyl sites for hydroxylation is 2. The molecule has 0 saturated carbocycles. The maximum atomic E-state index is 6.08. The number of alkyl halides is 1. The van der Waals surface area contributed by atoms with Crippen LogP contribution in [0, 0.1) is 6.92 Å². The van der Waals surface area contributed by atoms with Crippen LogP contribution in [-0.4, -0.2) is 5.88 Å². The van der Waals surface area contributed by atoms with E-state index < -0.39 is 0 Å². The number of hydrogen-bond donors (Lipinski definition) is 0. The highest BCUT2D eigenvalue weighted by Gasteiger charge is 2.10. The van der Waals surface area contributed by atoms with Crippen molar-refractivity contribution in [1.82, 2.24) is 0 Å². The minimum atomic E-state index is 0.470. The second kappa shape index (κ2) is 6.23. The molecule has 0 saturated heterocycles. The standard InChI is InChI=1S/C15H17ClS/c1-12-2-5-14(6-3-12)15(10-16)7-4-13-8-9-17-11-13/h2-3,5-6,8-9,11,15H,4,7,10H2,1H3. The van der Waals surface area contributed by atoms with E-state index in [1.165, 1.54) is 16.7 Å². The van der Waals surface area contributed by atoms with Gasteiger partial charge in [0.15, 0.2) is 0 Å². The number of hydrogen-bond acceptors (Lipinski definition) is 1. The summed E-state index contributed by atoms with van der Waals surface area (Å²) in [7, 11) is 0. The van der Waals surface area contributed by atoms with Crippen LogP contribution >= 0.6 is 22.9 Å². The van der Waals surface area contributed by atoms with Crippen molar-refractivity contribution in [3.63, 3.8) is 0 Å². The normalized spacial score (nSPS) is 12.6. The van der Waals surface area contributed by atoms with E-state index in [-0.39, 0.29) is 0 Å². The van der Waals surface area contributed by atoms with Gasteiger partial charge in [0.2, 0.25) is 0 Å². The zero-order valence-corrected chi connectivity index (χ0v) is 11.6. The highest BCUT2D eigenvalue weighted by molar-refractivity contribution is 7.07. The van der Waals surface area contributed by atoms with Crippen LogP contribution in [-0.2, 0) is 6.42 Å². The van der Waals surface area contributed by atoms with Gasteiger partial charge in [-0.15, -0.1) is 11.6 Å². The summed E-state index contributed by atoms with van der Waals surface area (Å²) in [5, 5.41) is 4.36. The van der Waals surface area contributed by atoms with Crippen molar-refractivity contribution in [3.8, 4) is 0 Å². The van der Waals surface area contributed by atoms with Gasteiger partial charge in [-0.25, -0.2) is 0 Å². The van der Waals surface area contributed by atoms with Gasteiger partial charge in [0.05, 0.1) is 0 Å². The average Bonchev–Trinajstić information content (AvgIpc) is 2.85. The maximum absolute atomic E-state index is 6.08. The van der Waals surface area contributed by atoms with E-state index in [2.05, 4.69) is 48.0 Å². The Balaban J connectivity index is 1.99. The Morgan fingerprint density at radius 1 is 1.18 bits per heavy atom. The molecule has 0 N–H and O–H groups in total. The Bertz CT molecular complexity index is 430. The summed E-state index contributed by atoms with van der Waals surface area (Å²) in [6, 6.07) is 10.9. The monoisotopic (exact) mass is 264 g/mol. The lowest BCUT2D eigenvalue weighted by Crippen LogP contribution is -2.02. The molecule has 0 nitrogen and oxygen atoms in total. The van der Waals surface area contributed by atoms with Gasteiger partial charge in [0.25, 0.3) is 0 Å². The highest BCUT2D eigenvalue weighted by Crippen LogP contribution is 2.24. The van der Waals surface area contributed by atoms with Crippen LogP contribution in [0.15, 0.2) is 41.1 Å². The van der Waals surface area contributed by atoms with Gasteiger partial charge < -0.3 is 0 Å². The zero-order chi connectivity index (χ0) is 12.1. The molecule has 0 aliphatic heterocycles. The summed E-state index contributed by atoms with van der Waals surface area (Å²) in [5.41, 5.74) is 4.10. The average molecular weight is 265 g/mol. The molecule has 1 atom stereocenters. The summed E-state index contributed by atoms with van der Waals surface area (Å²) < 4.78 is 0. The van der Waals surface area contributed by atoms with Gasteiger partial charge in [-0.2, -0.15) is 11.3 Å². The van der Waals surface area contributed by atoms with Crippen LogP contribution in [0.3, 0.4) is 0 Å². The molecule has 17 heavy (non-hydrogen) atoms. The third-order valence-electron chi connectivity index (χ3n) is 3.10. The fourth-order valence-electron chi connectivity index (χ4n) is 1.95. The predicted octanol–water partition coefficient (Wildman–Crippen LogP) is 5.01. The lowest BCUT2D eigenvalue weighted by Gasteiger charge is -2.14. The minimum absolute atomic E-state index is 0.470. The summed E-state index contributed by atoms with van der Waals surface area (Å²) in [5.74, 6) is 1.17. The molecule has 2 heteroatoms. The summed E-state index contributed by atoms with van der Waals surface area (Å²) in [6.07, 6.45) is 2.25. The molecule has 1 heterocycles. The van der Waals surface area contributed by atoms with E-state index in [0.717, 1.165) is 12.8 Å². The second-order valence-electron chi connectivity index (χ2n) is 4.43. The first kappa shape index (κ1) is 12.7. The maximum Gasteiger partial charge on any atom is 0.0292 e. The van der Waals surface area contributed by atoms with Crippen LogP contribution in [0.5, 0.6) is 0 Å². The molecule has 0 aliphatic carbocycles. The summed E-state index contributed by atoms with van der Waals surface area (Å²) >= 11 is 7.85. The minimum Gasteiger partial charge on any atom is -0.152 e. The van der Waals surface area contributed by atoms with Crippen molar-refractivity contribution in [2.75, 3.05) is 5.88 Å². The molecule has 0 fully saturated rings.